The van der Waals surface area contributed by atoms with Crippen molar-refractivity contribution < 1.29 is 9.47 Å². The van der Waals surface area contributed by atoms with Crippen LogP contribution in [0.1, 0.15) is 50.2 Å². The van der Waals surface area contributed by atoms with E-state index in [1.807, 2.05) is 7.05 Å². The molecule has 0 saturated carbocycles. The van der Waals surface area contributed by atoms with Crippen LogP contribution < -0.4 is 15.4 Å². The maximum Gasteiger partial charge on any atom is 0.191 e. The molecule has 1 unspecified atom stereocenters. The zero-order valence-corrected chi connectivity index (χ0v) is 19.8. The molecular weight excluding hydrogens is 388 g/mol. The van der Waals surface area contributed by atoms with Gasteiger partial charge in [-0.2, -0.15) is 0 Å². The van der Waals surface area contributed by atoms with Crippen molar-refractivity contribution in [2.45, 2.75) is 52.5 Å². The quantitative estimate of drug-likeness (QED) is 0.338. The standard InChI is InChI=1S/C25H42N4O2/c1-20-8-13-29(14-9-20)12-5-4-11-27-25(26-3)28-17-23-7-6-21(2)16-24(23)31-19-22-10-15-30-18-22/h6-7,16,20,22H,4-5,8-15,17-19H2,1-3H3,(H2,26,27,28). The van der Waals surface area contributed by atoms with E-state index < -0.39 is 0 Å². The van der Waals surface area contributed by atoms with Crippen molar-refractivity contribution >= 4 is 5.96 Å². The third-order valence-corrected chi connectivity index (χ3v) is 6.46. The Balaban J connectivity index is 1.36. The monoisotopic (exact) mass is 430 g/mol. The van der Waals surface area contributed by atoms with Crippen molar-refractivity contribution in [2.75, 3.05) is 53.0 Å². The van der Waals surface area contributed by atoms with E-state index in [0.717, 1.165) is 62.4 Å². The highest BCUT2D eigenvalue weighted by Gasteiger charge is 2.17. The summed E-state index contributed by atoms with van der Waals surface area (Å²) >= 11 is 0. The van der Waals surface area contributed by atoms with E-state index in [9.17, 15) is 0 Å². The first-order chi connectivity index (χ1) is 15.1. The predicted molar refractivity (Wildman–Crippen MR) is 128 cm³/mol. The molecule has 2 aliphatic heterocycles. The number of unbranched alkanes of at least 4 members (excludes halogenated alkanes) is 1. The van der Waals surface area contributed by atoms with E-state index in [0.29, 0.717) is 12.5 Å². The van der Waals surface area contributed by atoms with Gasteiger partial charge in [-0.1, -0.05) is 19.1 Å². The average Bonchev–Trinajstić information content (AvgIpc) is 3.30. The van der Waals surface area contributed by atoms with E-state index in [1.165, 1.54) is 44.5 Å². The molecule has 31 heavy (non-hydrogen) atoms. The Morgan fingerprint density at radius 1 is 1.19 bits per heavy atom. The molecule has 6 nitrogen and oxygen atoms in total. The molecule has 2 aliphatic rings. The van der Waals surface area contributed by atoms with Crippen molar-refractivity contribution in [1.82, 2.24) is 15.5 Å². The fourth-order valence-corrected chi connectivity index (χ4v) is 4.22. The molecule has 2 heterocycles. The third-order valence-electron chi connectivity index (χ3n) is 6.46. The molecule has 0 radical (unpaired) electrons. The van der Waals surface area contributed by atoms with Crippen LogP contribution in [0.2, 0.25) is 0 Å². The maximum atomic E-state index is 6.16. The molecule has 0 amide bonds. The third kappa shape index (κ3) is 8.34. The molecule has 0 aliphatic carbocycles. The number of hydrogen-bond acceptors (Lipinski definition) is 4. The second-order valence-corrected chi connectivity index (χ2v) is 9.24. The Morgan fingerprint density at radius 3 is 2.77 bits per heavy atom. The number of aliphatic imine (C=N–C) groups is 1. The number of rotatable bonds is 10. The lowest BCUT2D eigenvalue weighted by Gasteiger charge is -2.30. The zero-order valence-electron chi connectivity index (χ0n) is 19.8. The van der Waals surface area contributed by atoms with Gasteiger partial charge >= 0.3 is 0 Å². The molecule has 2 fully saturated rings. The molecule has 6 heteroatoms. The Morgan fingerprint density at radius 2 is 2.03 bits per heavy atom. The van der Waals surface area contributed by atoms with Gasteiger partial charge in [-0.3, -0.25) is 4.99 Å². The Labute approximate surface area is 188 Å². The van der Waals surface area contributed by atoms with Crippen LogP contribution in [0.25, 0.3) is 0 Å². The molecule has 2 N–H and O–H groups in total. The molecule has 1 aromatic carbocycles. The van der Waals surface area contributed by atoms with E-state index in [-0.39, 0.29) is 0 Å². The maximum absolute atomic E-state index is 6.16. The zero-order chi connectivity index (χ0) is 21.9. The minimum Gasteiger partial charge on any atom is -0.493 e. The number of likely N-dealkylation sites (tertiary alicyclic amines) is 1. The molecule has 1 atom stereocenters. The fraction of sp³-hybridized carbons (Fsp3) is 0.720. The first kappa shape index (κ1) is 23.9. The van der Waals surface area contributed by atoms with E-state index in [2.05, 4.69) is 52.6 Å². The Bertz CT molecular complexity index is 680. The summed E-state index contributed by atoms with van der Waals surface area (Å²) in [6.45, 7) is 12.3. The first-order valence-corrected chi connectivity index (χ1v) is 12.1. The number of piperidine rings is 1. The van der Waals surface area contributed by atoms with Crippen molar-refractivity contribution in [1.29, 1.82) is 0 Å². The first-order valence-electron chi connectivity index (χ1n) is 12.1. The van der Waals surface area contributed by atoms with Crippen LogP contribution in [-0.2, 0) is 11.3 Å². The minimum atomic E-state index is 0.504. The van der Waals surface area contributed by atoms with Crippen molar-refractivity contribution in [3.05, 3.63) is 29.3 Å². The highest BCUT2D eigenvalue weighted by Crippen LogP contribution is 2.22. The summed E-state index contributed by atoms with van der Waals surface area (Å²) in [5.41, 5.74) is 2.37. The number of aryl methyl sites for hydroxylation is 1. The topological polar surface area (TPSA) is 58.1 Å². The Hall–Kier alpha value is -1.79. The molecule has 0 bridgehead atoms. The van der Waals surface area contributed by atoms with Gasteiger partial charge in [0.05, 0.1) is 13.2 Å². The lowest BCUT2D eigenvalue weighted by molar-refractivity contribution is 0.166. The predicted octanol–water partition coefficient (Wildman–Crippen LogP) is 3.59. The van der Waals surface area contributed by atoms with Crippen LogP contribution in [0.5, 0.6) is 5.75 Å². The van der Waals surface area contributed by atoms with Crippen LogP contribution >= 0.6 is 0 Å². The lowest BCUT2D eigenvalue weighted by Crippen LogP contribution is -2.38. The van der Waals surface area contributed by atoms with Crippen molar-refractivity contribution in [2.24, 2.45) is 16.8 Å². The van der Waals surface area contributed by atoms with Gasteiger partial charge < -0.3 is 25.0 Å². The molecule has 0 spiro atoms. The molecule has 1 aromatic rings. The summed E-state index contributed by atoms with van der Waals surface area (Å²) in [6.07, 6.45) is 6.20. The summed E-state index contributed by atoms with van der Waals surface area (Å²) in [6, 6.07) is 6.42. The fourth-order valence-electron chi connectivity index (χ4n) is 4.22. The lowest BCUT2D eigenvalue weighted by atomic mass is 9.99. The van der Waals surface area contributed by atoms with Crippen LogP contribution in [-0.4, -0.2) is 63.9 Å². The average molecular weight is 431 g/mol. The number of ether oxygens (including phenoxy) is 2. The second-order valence-electron chi connectivity index (χ2n) is 9.24. The van der Waals surface area contributed by atoms with E-state index in [4.69, 9.17) is 9.47 Å². The minimum absolute atomic E-state index is 0.504. The molecular formula is C25H42N4O2. The summed E-state index contributed by atoms with van der Waals surface area (Å²) in [4.78, 5) is 7.00. The summed E-state index contributed by atoms with van der Waals surface area (Å²) in [7, 11) is 1.83. The van der Waals surface area contributed by atoms with Gasteiger partial charge in [-0.25, -0.2) is 0 Å². The van der Waals surface area contributed by atoms with E-state index in [1.54, 1.807) is 0 Å². The molecule has 3 rings (SSSR count). The van der Waals surface area contributed by atoms with Gasteiger partial charge in [-0.15, -0.1) is 0 Å². The number of benzene rings is 1. The number of nitrogens with zero attached hydrogens (tertiary/aromatic N) is 2. The Kier molecular flexibility index (Phi) is 9.94. The van der Waals surface area contributed by atoms with Crippen LogP contribution in [0.4, 0.5) is 0 Å². The molecule has 2 saturated heterocycles. The SMILES string of the molecule is CN=C(NCCCCN1CCC(C)CC1)NCc1ccc(C)cc1OCC1CCOC1. The number of hydrogen-bond donors (Lipinski definition) is 2. The summed E-state index contributed by atoms with van der Waals surface area (Å²) in [5, 5.41) is 6.90. The van der Waals surface area contributed by atoms with Crippen LogP contribution in [0, 0.1) is 18.8 Å². The van der Waals surface area contributed by atoms with Crippen molar-refractivity contribution in [3.63, 3.8) is 0 Å². The number of nitrogens with one attached hydrogen (secondary N) is 2. The van der Waals surface area contributed by atoms with Gasteiger partial charge in [-0.05, 0) is 76.2 Å². The van der Waals surface area contributed by atoms with Crippen LogP contribution in [0.3, 0.4) is 0 Å². The highest BCUT2D eigenvalue weighted by molar-refractivity contribution is 5.79. The van der Waals surface area contributed by atoms with E-state index >= 15 is 0 Å². The van der Waals surface area contributed by atoms with Crippen LogP contribution in [0.15, 0.2) is 23.2 Å². The molecule has 0 aromatic heterocycles. The van der Waals surface area contributed by atoms with Gasteiger partial charge in [0.2, 0.25) is 0 Å². The molecule has 174 valence electrons. The number of guanidine groups is 1. The normalized spacial score (nSPS) is 20.7. The summed E-state index contributed by atoms with van der Waals surface area (Å²) < 4.78 is 11.6. The van der Waals surface area contributed by atoms with Gasteiger partial charge in [0, 0.05) is 38.2 Å². The second kappa shape index (κ2) is 12.9. The van der Waals surface area contributed by atoms with Gasteiger partial charge in [0.1, 0.15) is 5.75 Å². The van der Waals surface area contributed by atoms with Gasteiger partial charge in [0.25, 0.3) is 0 Å². The largest absolute Gasteiger partial charge is 0.493 e. The summed E-state index contributed by atoms with van der Waals surface area (Å²) in [5.74, 6) is 3.22. The highest BCUT2D eigenvalue weighted by atomic mass is 16.5. The van der Waals surface area contributed by atoms with Crippen molar-refractivity contribution in [3.8, 4) is 5.75 Å². The van der Waals surface area contributed by atoms with Gasteiger partial charge in [0.15, 0.2) is 5.96 Å². The smallest absolute Gasteiger partial charge is 0.191 e.